The number of carbonyl (C=O) groups is 6. The van der Waals surface area contributed by atoms with Gasteiger partial charge in [-0.15, -0.1) is 0 Å². The predicted molar refractivity (Wildman–Crippen MR) is 273 cm³/mol. The van der Waals surface area contributed by atoms with E-state index in [0.29, 0.717) is 38.8 Å². The molecule has 0 spiro atoms. The summed E-state index contributed by atoms with van der Waals surface area (Å²) in [7, 11) is 0. The second-order valence-corrected chi connectivity index (χ2v) is 20.3. The Morgan fingerprint density at radius 3 is 1.49 bits per heavy atom. The minimum Gasteiger partial charge on any atom is -0.465 e. The van der Waals surface area contributed by atoms with Gasteiger partial charge in [0.2, 0.25) is 5.91 Å². The molecule has 1 heterocycles. The topological polar surface area (TPSA) is 176 Å². The molecule has 1 rings (SSSR count). The lowest BCUT2D eigenvalue weighted by Gasteiger charge is -2.32. The van der Waals surface area contributed by atoms with Crippen molar-refractivity contribution in [3.63, 3.8) is 0 Å². The lowest BCUT2D eigenvalue weighted by Crippen LogP contribution is -2.49. The minimum atomic E-state index is -1.41. The van der Waals surface area contributed by atoms with Gasteiger partial charge in [0.1, 0.15) is 13.0 Å². The molecule has 402 valence electrons. The van der Waals surface area contributed by atoms with Gasteiger partial charge in [0, 0.05) is 57.4 Å². The van der Waals surface area contributed by atoms with Crippen LogP contribution in [-0.4, -0.2) is 112 Å². The number of morpholine rings is 1. The lowest BCUT2D eigenvalue weighted by molar-refractivity contribution is -0.170. The fraction of sp³-hybridized carbons (Fsp3) is 0.891. The molecule has 14 heteroatoms. The Hall–Kier alpha value is -3.26. The predicted octanol–water partition coefficient (Wildman–Crippen LogP) is 10.7. The van der Waals surface area contributed by atoms with E-state index in [1.54, 1.807) is 13.8 Å². The Balaban J connectivity index is 2.83. The zero-order valence-corrected chi connectivity index (χ0v) is 44.7. The summed E-state index contributed by atoms with van der Waals surface area (Å²) >= 11 is 0. The highest BCUT2D eigenvalue weighted by molar-refractivity contribution is 5.91. The Kier molecular flexibility index (Phi) is 39.2. The monoisotopic (exact) mass is 980 g/mol. The maximum atomic E-state index is 13.7. The van der Waals surface area contributed by atoms with Crippen LogP contribution in [0.5, 0.6) is 0 Å². The number of esters is 4. The number of ether oxygens (including phenoxy) is 5. The summed E-state index contributed by atoms with van der Waals surface area (Å²) in [5, 5.41) is 5.59. The van der Waals surface area contributed by atoms with Crippen LogP contribution in [0, 0.1) is 17.3 Å². The van der Waals surface area contributed by atoms with E-state index in [-0.39, 0.29) is 63.2 Å². The molecule has 1 fully saturated rings. The van der Waals surface area contributed by atoms with E-state index in [1.807, 2.05) is 0 Å². The SMILES string of the molecule is CCCCCCCCC(CCCCCC)COC(=O)CCCC(=O)OC(C(=O)NCCC(=O)NCCN1CCOCC1)C(C)(C)COC(=O)CC(=O)OCC(CCCCCC)CCCCCCCC. The van der Waals surface area contributed by atoms with E-state index in [1.165, 1.54) is 83.5 Å². The van der Waals surface area contributed by atoms with Crippen LogP contribution in [0.1, 0.15) is 228 Å². The number of hydrogen-bond acceptors (Lipinski definition) is 12. The average Bonchev–Trinajstić information content (AvgIpc) is 3.33. The molecule has 0 aromatic carbocycles. The Morgan fingerprint density at radius 2 is 0.971 bits per heavy atom. The molecule has 3 atom stereocenters. The molecule has 3 unspecified atom stereocenters. The number of rotatable bonds is 45. The summed E-state index contributed by atoms with van der Waals surface area (Å²) < 4.78 is 28.0. The van der Waals surface area contributed by atoms with Gasteiger partial charge in [-0.2, -0.15) is 0 Å². The van der Waals surface area contributed by atoms with Gasteiger partial charge in [-0.1, -0.05) is 170 Å². The van der Waals surface area contributed by atoms with Gasteiger partial charge in [0.05, 0.1) is 26.4 Å². The Morgan fingerprint density at radius 1 is 0.522 bits per heavy atom. The van der Waals surface area contributed by atoms with Crippen molar-refractivity contribution in [2.75, 3.05) is 65.8 Å². The highest BCUT2D eigenvalue weighted by Crippen LogP contribution is 2.26. The number of carbonyl (C=O) groups excluding carboxylic acids is 6. The van der Waals surface area contributed by atoms with Crippen LogP contribution in [-0.2, 0) is 52.5 Å². The molecule has 0 bridgehead atoms. The molecular weight excluding hydrogens is 879 g/mol. The zero-order valence-electron chi connectivity index (χ0n) is 44.7. The molecular formula is C55H101N3O11. The van der Waals surface area contributed by atoms with Crippen molar-refractivity contribution < 1.29 is 52.5 Å². The van der Waals surface area contributed by atoms with Crippen molar-refractivity contribution in [3.8, 4) is 0 Å². The summed E-state index contributed by atoms with van der Waals surface area (Å²) in [6.07, 6.45) is 25.8. The van der Waals surface area contributed by atoms with Crippen LogP contribution in [0.25, 0.3) is 0 Å². The van der Waals surface area contributed by atoms with Crippen molar-refractivity contribution in [1.82, 2.24) is 15.5 Å². The van der Waals surface area contributed by atoms with Gasteiger partial charge in [0.15, 0.2) is 6.10 Å². The summed E-state index contributed by atoms with van der Waals surface area (Å²) in [6, 6.07) is 0. The molecule has 69 heavy (non-hydrogen) atoms. The molecule has 1 aliphatic heterocycles. The van der Waals surface area contributed by atoms with Crippen molar-refractivity contribution in [2.45, 2.75) is 234 Å². The van der Waals surface area contributed by atoms with E-state index in [4.69, 9.17) is 23.7 Å². The molecule has 0 saturated carbocycles. The number of unbranched alkanes of at least 4 members (excludes halogenated alkanes) is 16. The molecule has 0 aromatic rings. The molecule has 1 saturated heterocycles. The van der Waals surface area contributed by atoms with E-state index in [2.05, 4.69) is 43.2 Å². The average molecular weight is 980 g/mol. The third-order valence-electron chi connectivity index (χ3n) is 13.2. The van der Waals surface area contributed by atoms with Crippen molar-refractivity contribution >= 4 is 35.7 Å². The summed E-state index contributed by atoms with van der Waals surface area (Å²) in [5.41, 5.74) is -1.23. The molecule has 1 aliphatic rings. The lowest BCUT2D eigenvalue weighted by atomic mass is 9.86. The highest BCUT2D eigenvalue weighted by Gasteiger charge is 2.40. The van der Waals surface area contributed by atoms with Crippen molar-refractivity contribution in [1.29, 1.82) is 0 Å². The quantitative estimate of drug-likeness (QED) is 0.0256. The fourth-order valence-electron chi connectivity index (χ4n) is 8.62. The van der Waals surface area contributed by atoms with E-state index in [0.717, 1.165) is 83.7 Å². The third kappa shape index (κ3) is 35.5. The first-order valence-corrected chi connectivity index (χ1v) is 27.9. The van der Waals surface area contributed by atoms with E-state index in [9.17, 15) is 28.8 Å². The van der Waals surface area contributed by atoms with Gasteiger partial charge in [0.25, 0.3) is 5.91 Å². The largest absolute Gasteiger partial charge is 0.465 e. The number of nitrogens with one attached hydrogen (secondary N) is 2. The molecule has 0 aliphatic carbocycles. The van der Waals surface area contributed by atoms with Crippen LogP contribution < -0.4 is 10.6 Å². The second kappa shape index (κ2) is 42.4. The first kappa shape index (κ1) is 63.8. The van der Waals surface area contributed by atoms with Crippen LogP contribution in [0.4, 0.5) is 0 Å². The smallest absolute Gasteiger partial charge is 0.317 e. The number of amides is 2. The highest BCUT2D eigenvalue weighted by atomic mass is 16.6. The summed E-state index contributed by atoms with van der Waals surface area (Å²) in [5.74, 6) is -2.87. The molecule has 2 amide bonds. The number of hydrogen-bond donors (Lipinski definition) is 2. The van der Waals surface area contributed by atoms with Crippen LogP contribution in [0.3, 0.4) is 0 Å². The summed E-state index contributed by atoms with van der Waals surface area (Å²) in [6.45, 7) is 16.4. The van der Waals surface area contributed by atoms with Crippen LogP contribution >= 0.6 is 0 Å². The molecule has 2 N–H and O–H groups in total. The standard InChI is InChI=1S/C55H101N3O11/c1-7-11-15-19-21-25-30-46(28-23-17-13-9-3)43-66-49(60)32-27-33-50(61)69-53(54(64)57-35-34-48(59)56-36-37-58-38-40-65-41-39-58)55(5,6)45-68-52(63)42-51(62)67-44-47(29-24-18-14-10-4)31-26-22-20-16-12-8-2/h46-47,53H,7-45H2,1-6H3,(H,56,59)(H,57,64). The van der Waals surface area contributed by atoms with Crippen LogP contribution in [0.15, 0.2) is 0 Å². The van der Waals surface area contributed by atoms with Gasteiger partial charge in [-0.3, -0.25) is 33.7 Å². The first-order chi connectivity index (χ1) is 33.3. The molecule has 0 radical (unpaired) electrons. The number of nitrogens with zero attached hydrogens (tertiary/aromatic N) is 1. The summed E-state index contributed by atoms with van der Waals surface area (Å²) in [4.78, 5) is 80.5. The van der Waals surface area contributed by atoms with Gasteiger partial charge in [-0.25, -0.2) is 0 Å². The first-order valence-electron chi connectivity index (χ1n) is 27.9. The van der Waals surface area contributed by atoms with Gasteiger partial charge in [-0.05, 0) is 43.9 Å². The van der Waals surface area contributed by atoms with E-state index < -0.39 is 41.8 Å². The third-order valence-corrected chi connectivity index (χ3v) is 13.2. The fourth-order valence-corrected chi connectivity index (χ4v) is 8.62. The Bertz CT molecular complexity index is 1360. The maximum absolute atomic E-state index is 13.7. The van der Waals surface area contributed by atoms with Crippen molar-refractivity contribution in [3.05, 3.63) is 0 Å². The molecule has 14 nitrogen and oxygen atoms in total. The molecule has 0 aromatic heterocycles. The maximum Gasteiger partial charge on any atom is 0.317 e. The van der Waals surface area contributed by atoms with Gasteiger partial charge < -0.3 is 34.3 Å². The van der Waals surface area contributed by atoms with Crippen LogP contribution in [0.2, 0.25) is 0 Å². The van der Waals surface area contributed by atoms with E-state index >= 15 is 0 Å². The Labute approximate surface area is 419 Å². The van der Waals surface area contributed by atoms with Crippen molar-refractivity contribution in [2.24, 2.45) is 17.3 Å². The van der Waals surface area contributed by atoms with Gasteiger partial charge >= 0.3 is 23.9 Å². The minimum absolute atomic E-state index is 0.00622. The second-order valence-electron chi connectivity index (χ2n) is 20.3. The zero-order chi connectivity index (χ0) is 50.8. The normalized spacial score (nSPS) is 14.3.